The summed E-state index contributed by atoms with van der Waals surface area (Å²) in [6.07, 6.45) is 1.75. The van der Waals surface area contributed by atoms with Crippen LogP contribution in [0.3, 0.4) is 0 Å². The zero-order chi connectivity index (χ0) is 19.4. The van der Waals surface area contributed by atoms with E-state index < -0.39 is 0 Å². The molecule has 0 saturated carbocycles. The van der Waals surface area contributed by atoms with Crippen LogP contribution in [0.1, 0.15) is 16.7 Å². The molecular weight excluding hydrogens is 469 g/mol. The molecule has 0 bridgehead atoms. The Hall–Kier alpha value is -1.52. The van der Waals surface area contributed by atoms with Crippen LogP contribution < -0.4 is 4.74 Å². The number of hydrogen-bond acceptors (Lipinski definition) is 2. The Balaban J connectivity index is 1.82. The molecule has 0 fully saturated rings. The first kappa shape index (κ1) is 20.2. The fourth-order valence-corrected chi connectivity index (χ4v) is 3.37. The summed E-state index contributed by atoms with van der Waals surface area (Å²) in [7, 11) is 0. The lowest BCUT2D eigenvalue weighted by Crippen LogP contribution is -1.99. The van der Waals surface area contributed by atoms with Crippen LogP contribution in [0.4, 0.5) is 5.69 Å². The molecule has 3 aromatic carbocycles. The van der Waals surface area contributed by atoms with E-state index in [0.717, 1.165) is 26.9 Å². The van der Waals surface area contributed by atoms with Crippen LogP contribution in [0.2, 0.25) is 15.1 Å². The van der Waals surface area contributed by atoms with Crippen LogP contribution >= 0.6 is 50.7 Å². The van der Waals surface area contributed by atoms with Gasteiger partial charge in [0.2, 0.25) is 0 Å². The van der Waals surface area contributed by atoms with Gasteiger partial charge in [-0.2, -0.15) is 0 Å². The number of nitrogens with zero attached hydrogens (tertiary/aromatic N) is 1. The minimum Gasteiger partial charge on any atom is -0.488 e. The molecule has 0 atom stereocenters. The van der Waals surface area contributed by atoms with Gasteiger partial charge in [0.15, 0.2) is 0 Å². The van der Waals surface area contributed by atoms with Gasteiger partial charge < -0.3 is 4.74 Å². The van der Waals surface area contributed by atoms with Crippen molar-refractivity contribution in [1.29, 1.82) is 0 Å². The predicted octanol–water partition coefficient (Wildman–Crippen LogP) is 8.05. The quantitative estimate of drug-likeness (QED) is 0.337. The maximum atomic E-state index is 6.22. The Morgan fingerprint density at radius 2 is 1.78 bits per heavy atom. The fraction of sp³-hybridized carbons (Fsp3) is 0.0952. The predicted molar refractivity (Wildman–Crippen MR) is 118 cm³/mol. The Kier molecular flexibility index (Phi) is 6.83. The highest BCUT2D eigenvalue weighted by atomic mass is 79.9. The maximum Gasteiger partial charge on any atom is 0.128 e. The lowest BCUT2D eigenvalue weighted by Gasteiger charge is -2.11. The molecule has 0 spiro atoms. The first-order valence-corrected chi connectivity index (χ1v) is 10.0. The van der Waals surface area contributed by atoms with Crippen LogP contribution in [0, 0.1) is 6.92 Å². The van der Waals surface area contributed by atoms with Gasteiger partial charge in [-0.3, -0.25) is 4.99 Å². The molecule has 0 heterocycles. The van der Waals surface area contributed by atoms with Crippen molar-refractivity contribution in [3.05, 3.63) is 90.8 Å². The summed E-state index contributed by atoms with van der Waals surface area (Å²) in [6, 6.07) is 16.8. The summed E-state index contributed by atoms with van der Waals surface area (Å²) in [5.74, 6) is 0.700. The topological polar surface area (TPSA) is 21.6 Å². The highest BCUT2D eigenvalue weighted by Crippen LogP contribution is 2.27. The normalized spacial score (nSPS) is 11.1. The highest BCUT2D eigenvalue weighted by molar-refractivity contribution is 9.10. The van der Waals surface area contributed by atoms with Gasteiger partial charge in [0.1, 0.15) is 12.4 Å². The van der Waals surface area contributed by atoms with E-state index in [1.54, 1.807) is 18.3 Å². The summed E-state index contributed by atoms with van der Waals surface area (Å²) in [4.78, 5) is 4.51. The highest BCUT2D eigenvalue weighted by Gasteiger charge is 2.07. The van der Waals surface area contributed by atoms with E-state index in [-0.39, 0.29) is 0 Å². The van der Waals surface area contributed by atoms with Gasteiger partial charge in [0, 0.05) is 36.9 Å². The molecule has 0 unspecified atom stereocenters. The van der Waals surface area contributed by atoms with Gasteiger partial charge in [-0.1, -0.05) is 62.9 Å². The molecule has 2 nitrogen and oxygen atoms in total. The molecule has 3 rings (SSSR count). The molecule has 138 valence electrons. The minimum atomic E-state index is 0.328. The molecule has 0 N–H and O–H groups in total. The minimum absolute atomic E-state index is 0.328. The third-order valence-electron chi connectivity index (χ3n) is 3.88. The second-order valence-corrected chi connectivity index (χ2v) is 8.06. The van der Waals surface area contributed by atoms with Crippen LogP contribution in [0.15, 0.2) is 64.1 Å². The molecule has 0 aliphatic heterocycles. The largest absolute Gasteiger partial charge is 0.488 e. The van der Waals surface area contributed by atoms with Crippen molar-refractivity contribution in [1.82, 2.24) is 0 Å². The van der Waals surface area contributed by atoms with Crippen LogP contribution in [0.25, 0.3) is 0 Å². The monoisotopic (exact) mass is 481 g/mol. The van der Waals surface area contributed by atoms with Crippen LogP contribution in [-0.2, 0) is 6.61 Å². The number of halogens is 4. The first-order valence-electron chi connectivity index (χ1n) is 8.09. The van der Waals surface area contributed by atoms with Gasteiger partial charge in [-0.05, 0) is 55.0 Å². The number of ether oxygens (including phenoxy) is 1. The lowest BCUT2D eigenvalue weighted by molar-refractivity contribution is 0.306. The van der Waals surface area contributed by atoms with E-state index in [1.165, 1.54) is 0 Å². The number of hydrogen-bond donors (Lipinski definition) is 0. The number of rotatable bonds is 5. The van der Waals surface area contributed by atoms with E-state index >= 15 is 0 Å². The van der Waals surface area contributed by atoms with Crippen LogP contribution in [0.5, 0.6) is 5.75 Å². The van der Waals surface area contributed by atoms with Crippen molar-refractivity contribution in [3.8, 4) is 5.75 Å². The third-order valence-corrected chi connectivity index (χ3v) is 5.37. The molecule has 0 aromatic heterocycles. The van der Waals surface area contributed by atoms with Gasteiger partial charge in [0.05, 0.1) is 5.69 Å². The zero-order valence-electron chi connectivity index (χ0n) is 14.3. The van der Waals surface area contributed by atoms with Crippen molar-refractivity contribution >= 4 is 62.6 Å². The summed E-state index contributed by atoms with van der Waals surface area (Å²) in [6.45, 7) is 2.28. The van der Waals surface area contributed by atoms with Gasteiger partial charge in [-0.15, -0.1) is 0 Å². The maximum absolute atomic E-state index is 6.22. The summed E-state index contributed by atoms with van der Waals surface area (Å²) in [5.41, 5.74) is 3.49. The Bertz CT molecular complexity index is 1000. The number of aryl methyl sites for hydroxylation is 1. The smallest absolute Gasteiger partial charge is 0.128 e. The number of benzene rings is 3. The molecule has 0 saturated heterocycles. The van der Waals surface area contributed by atoms with E-state index in [0.29, 0.717) is 27.4 Å². The lowest BCUT2D eigenvalue weighted by atomic mass is 10.2. The molecular formula is C21H15BrCl3NO. The van der Waals surface area contributed by atoms with Crippen molar-refractivity contribution < 1.29 is 4.74 Å². The van der Waals surface area contributed by atoms with E-state index in [1.807, 2.05) is 49.4 Å². The second kappa shape index (κ2) is 9.11. The standard InChI is InChI=1S/C21H15BrCl3NO/c1-13-2-6-18(10-19(13)24)26-11-15-8-16(22)4-7-21(15)27-12-14-3-5-17(23)9-20(14)25/h2-11H,12H2,1H3. The Labute approximate surface area is 181 Å². The molecule has 6 heteroatoms. The van der Waals surface area contributed by atoms with E-state index in [9.17, 15) is 0 Å². The van der Waals surface area contributed by atoms with Crippen molar-refractivity contribution in [3.63, 3.8) is 0 Å². The summed E-state index contributed by atoms with van der Waals surface area (Å²) >= 11 is 21.8. The molecule has 3 aromatic rings. The average molecular weight is 484 g/mol. The average Bonchev–Trinajstić information content (AvgIpc) is 2.63. The zero-order valence-corrected chi connectivity index (χ0v) is 18.2. The Morgan fingerprint density at radius 1 is 0.963 bits per heavy atom. The third kappa shape index (κ3) is 5.49. The first-order chi connectivity index (χ1) is 12.9. The Morgan fingerprint density at radius 3 is 2.52 bits per heavy atom. The van der Waals surface area contributed by atoms with Crippen molar-refractivity contribution in [2.45, 2.75) is 13.5 Å². The number of aliphatic imine (C=N–C) groups is 1. The summed E-state index contributed by atoms with van der Waals surface area (Å²) in [5, 5.41) is 1.86. The molecule has 27 heavy (non-hydrogen) atoms. The summed E-state index contributed by atoms with van der Waals surface area (Å²) < 4.78 is 6.90. The molecule has 0 aliphatic carbocycles. The van der Waals surface area contributed by atoms with Gasteiger partial charge >= 0.3 is 0 Å². The fourth-order valence-electron chi connectivity index (χ4n) is 2.35. The van der Waals surface area contributed by atoms with Crippen molar-refractivity contribution in [2.75, 3.05) is 0 Å². The van der Waals surface area contributed by atoms with Crippen molar-refractivity contribution in [2.24, 2.45) is 4.99 Å². The van der Waals surface area contributed by atoms with E-state index in [4.69, 9.17) is 39.5 Å². The molecule has 0 radical (unpaired) electrons. The van der Waals surface area contributed by atoms with Gasteiger partial charge in [0.25, 0.3) is 0 Å². The second-order valence-electron chi connectivity index (χ2n) is 5.90. The molecule has 0 aliphatic rings. The van der Waals surface area contributed by atoms with E-state index in [2.05, 4.69) is 20.9 Å². The van der Waals surface area contributed by atoms with Crippen LogP contribution in [-0.4, -0.2) is 6.21 Å². The van der Waals surface area contributed by atoms with Gasteiger partial charge in [-0.25, -0.2) is 0 Å². The SMILES string of the molecule is Cc1ccc(N=Cc2cc(Br)ccc2OCc2ccc(Cl)cc2Cl)cc1Cl. The molecule has 0 amide bonds.